The Labute approximate surface area is 150 Å². The van der Waals surface area contributed by atoms with Crippen molar-refractivity contribution in [1.82, 2.24) is 15.2 Å². The number of para-hydroxylation sites is 1. The van der Waals surface area contributed by atoms with Gasteiger partial charge in [0.05, 0.1) is 0 Å². The fraction of sp³-hybridized carbons (Fsp3) is 0.476. The Bertz CT molecular complexity index is 677. The summed E-state index contributed by atoms with van der Waals surface area (Å²) in [4.78, 5) is 9.43. The number of hydrogen-bond acceptors (Lipinski definition) is 4. The highest BCUT2D eigenvalue weighted by atomic mass is 15.2. The van der Waals surface area contributed by atoms with Crippen LogP contribution in [0.2, 0.25) is 0 Å². The van der Waals surface area contributed by atoms with Crippen LogP contribution >= 0.6 is 0 Å². The van der Waals surface area contributed by atoms with E-state index in [0.29, 0.717) is 5.41 Å². The lowest BCUT2D eigenvalue weighted by Crippen LogP contribution is -2.38. The van der Waals surface area contributed by atoms with Gasteiger partial charge >= 0.3 is 0 Å². The number of piperidine rings is 1. The molecule has 25 heavy (non-hydrogen) atoms. The van der Waals surface area contributed by atoms with Crippen molar-refractivity contribution in [3.8, 4) is 0 Å². The molecule has 1 aromatic carbocycles. The van der Waals surface area contributed by atoms with Crippen LogP contribution in [0.4, 0.5) is 11.5 Å². The van der Waals surface area contributed by atoms with Crippen LogP contribution in [0.25, 0.3) is 0 Å². The van der Waals surface area contributed by atoms with E-state index in [4.69, 9.17) is 4.98 Å². The summed E-state index contributed by atoms with van der Waals surface area (Å²) in [5, 5.41) is 3.50. The summed E-state index contributed by atoms with van der Waals surface area (Å²) in [6.45, 7) is 5.88. The Morgan fingerprint density at radius 1 is 1.08 bits per heavy atom. The van der Waals surface area contributed by atoms with Gasteiger partial charge in [-0.2, -0.15) is 0 Å². The number of anilines is 2. The molecule has 2 saturated heterocycles. The lowest BCUT2D eigenvalue weighted by molar-refractivity contribution is 0.194. The zero-order chi connectivity index (χ0) is 17.1. The maximum Gasteiger partial charge on any atom is 0.132 e. The van der Waals surface area contributed by atoms with Crippen molar-refractivity contribution < 1.29 is 0 Å². The zero-order valence-corrected chi connectivity index (χ0v) is 15.1. The van der Waals surface area contributed by atoms with Gasteiger partial charge in [-0.15, -0.1) is 0 Å². The number of hydrogen-bond donors (Lipinski definition) is 1. The van der Waals surface area contributed by atoms with Crippen LogP contribution in [0.15, 0.2) is 48.7 Å². The van der Waals surface area contributed by atoms with Crippen LogP contribution in [-0.4, -0.2) is 43.1 Å². The molecule has 0 amide bonds. The molecular formula is C21H28N4. The first-order chi connectivity index (χ1) is 12.2. The fourth-order valence-electron chi connectivity index (χ4n) is 4.28. The van der Waals surface area contributed by atoms with Gasteiger partial charge in [0, 0.05) is 32.0 Å². The van der Waals surface area contributed by atoms with E-state index >= 15 is 0 Å². The molecule has 0 saturated carbocycles. The smallest absolute Gasteiger partial charge is 0.132 e. The minimum Gasteiger partial charge on any atom is -0.329 e. The molecule has 2 aliphatic rings. The van der Waals surface area contributed by atoms with E-state index in [1.807, 2.05) is 12.3 Å². The molecule has 0 bridgehead atoms. The van der Waals surface area contributed by atoms with E-state index in [9.17, 15) is 0 Å². The molecule has 0 radical (unpaired) electrons. The van der Waals surface area contributed by atoms with Crippen molar-refractivity contribution in [2.75, 3.05) is 38.1 Å². The van der Waals surface area contributed by atoms with Gasteiger partial charge in [0.1, 0.15) is 5.82 Å². The predicted molar refractivity (Wildman–Crippen MR) is 103 cm³/mol. The van der Waals surface area contributed by atoms with Crippen molar-refractivity contribution in [1.29, 1.82) is 0 Å². The highest BCUT2D eigenvalue weighted by Gasteiger charge is 2.38. The Morgan fingerprint density at radius 2 is 1.88 bits per heavy atom. The lowest BCUT2D eigenvalue weighted by Gasteiger charge is -2.33. The van der Waals surface area contributed by atoms with Crippen LogP contribution in [0.3, 0.4) is 0 Å². The average Bonchev–Trinajstić information content (AvgIpc) is 3.05. The van der Waals surface area contributed by atoms with E-state index in [0.717, 1.165) is 18.1 Å². The molecule has 4 rings (SSSR count). The van der Waals surface area contributed by atoms with E-state index in [2.05, 4.69) is 58.6 Å². The highest BCUT2D eigenvalue weighted by Crippen LogP contribution is 2.39. The Hall–Kier alpha value is -1.91. The predicted octanol–water partition coefficient (Wildman–Crippen LogP) is 3.43. The molecule has 4 nitrogen and oxygen atoms in total. The van der Waals surface area contributed by atoms with Gasteiger partial charge < -0.3 is 10.2 Å². The molecule has 132 valence electrons. The zero-order valence-electron chi connectivity index (χ0n) is 15.1. The molecule has 2 aromatic rings. The lowest BCUT2D eigenvalue weighted by atomic mass is 9.78. The average molecular weight is 336 g/mol. The molecule has 1 N–H and O–H groups in total. The molecule has 2 aliphatic heterocycles. The number of aromatic nitrogens is 1. The molecule has 1 aromatic heterocycles. The van der Waals surface area contributed by atoms with Gasteiger partial charge in [0.25, 0.3) is 0 Å². The summed E-state index contributed by atoms with van der Waals surface area (Å²) in [6, 6.07) is 14.7. The third-order valence-electron chi connectivity index (χ3n) is 5.88. The minimum absolute atomic E-state index is 0.576. The Morgan fingerprint density at radius 3 is 2.60 bits per heavy atom. The largest absolute Gasteiger partial charge is 0.329 e. The maximum absolute atomic E-state index is 4.69. The Balaban J connectivity index is 1.38. The molecule has 2 fully saturated rings. The van der Waals surface area contributed by atoms with Gasteiger partial charge in [-0.05, 0) is 68.1 Å². The van der Waals surface area contributed by atoms with Crippen molar-refractivity contribution in [3.05, 3.63) is 54.2 Å². The summed E-state index contributed by atoms with van der Waals surface area (Å²) < 4.78 is 0. The molecular weight excluding hydrogens is 308 g/mol. The van der Waals surface area contributed by atoms with Crippen LogP contribution in [-0.2, 0) is 6.54 Å². The van der Waals surface area contributed by atoms with Crippen LogP contribution in [0, 0.1) is 5.41 Å². The molecule has 1 spiro atoms. The second kappa shape index (κ2) is 7.14. The number of pyridine rings is 1. The molecule has 0 atom stereocenters. The van der Waals surface area contributed by atoms with Crippen molar-refractivity contribution >= 4 is 11.5 Å². The quantitative estimate of drug-likeness (QED) is 0.927. The number of nitrogens with one attached hydrogen (secondary N) is 1. The summed E-state index contributed by atoms with van der Waals surface area (Å²) in [5.41, 5.74) is 3.05. The SMILES string of the molecule is CN(c1ccccc1)c1ccc(CN2CCC3(CCNCC3)C2)cn1. The summed E-state index contributed by atoms with van der Waals surface area (Å²) in [7, 11) is 2.07. The van der Waals surface area contributed by atoms with Gasteiger partial charge in [-0.3, -0.25) is 4.90 Å². The normalized spacial score (nSPS) is 20.0. The van der Waals surface area contributed by atoms with Gasteiger partial charge in [0.15, 0.2) is 0 Å². The van der Waals surface area contributed by atoms with Crippen molar-refractivity contribution in [2.45, 2.75) is 25.8 Å². The van der Waals surface area contributed by atoms with Crippen LogP contribution < -0.4 is 10.2 Å². The van der Waals surface area contributed by atoms with E-state index in [1.54, 1.807) is 0 Å². The summed E-state index contributed by atoms with van der Waals surface area (Å²) in [5.74, 6) is 0.992. The van der Waals surface area contributed by atoms with E-state index < -0.39 is 0 Å². The third kappa shape index (κ3) is 3.70. The second-order valence-corrected chi connectivity index (χ2v) is 7.63. The topological polar surface area (TPSA) is 31.4 Å². The molecule has 4 heteroatoms. The monoisotopic (exact) mass is 336 g/mol. The first-order valence-corrected chi connectivity index (χ1v) is 9.41. The molecule has 0 unspecified atom stereocenters. The highest BCUT2D eigenvalue weighted by molar-refractivity contribution is 5.58. The Kier molecular flexibility index (Phi) is 4.73. The van der Waals surface area contributed by atoms with Crippen molar-refractivity contribution in [3.63, 3.8) is 0 Å². The van der Waals surface area contributed by atoms with Gasteiger partial charge in [0.2, 0.25) is 0 Å². The molecule has 3 heterocycles. The number of likely N-dealkylation sites (tertiary alicyclic amines) is 1. The summed E-state index contributed by atoms with van der Waals surface area (Å²) >= 11 is 0. The third-order valence-corrected chi connectivity index (χ3v) is 5.88. The van der Waals surface area contributed by atoms with Crippen LogP contribution in [0.5, 0.6) is 0 Å². The van der Waals surface area contributed by atoms with E-state index in [-0.39, 0.29) is 0 Å². The number of rotatable bonds is 4. The second-order valence-electron chi connectivity index (χ2n) is 7.63. The number of nitrogens with zero attached hydrogens (tertiary/aromatic N) is 3. The van der Waals surface area contributed by atoms with Crippen molar-refractivity contribution in [2.24, 2.45) is 5.41 Å². The van der Waals surface area contributed by atoms with Crippen LogP contribution in [0.1, 0.15) is 24.8 Å². The molecule has 0 aliphatic carbocycles. The standard InChI is InChI=1S/C21H28N4/c1-24(19-5-3-2-4-6-19)20-8-7-18(15-23-20)16-25-14-11-21(17-25)9-12-22-13-10-21/h2-8,15,22H,9-14,16-17H2,1H3. The minimum atomic E-state index is 0.576. The number of benzene rings is 1. The maximum atomic E-state index is 4.69. The first kappa shape index (κ1) is 16.6. The van der Waals surface area contributed by atoms with Gasteiger partial charge in [-0.1, -0.05) is 24.3 Å². The van der Waals surface area contributed by atoms with E-state index in [1.165, 1.54) is 51.0 Å². The van der Waals surface area contributed by atoms with Gasteiger partial charge in [-0.25, -0.2) is 4.98 Å². The first-order valence-electron chi connectivity index (χ1n) is 9.41. The fourth-order valence-corrected chi connectivity index (χ4v) is 4.28. The summed E-state index contributed by atoms with van der Waals surface area (Å²) in [6.07, 6.45) is 6.07.